The van der Waals surface area contributed by atoms with Crippen LogP contribution in [0.25, 0.3) is 43.6 Å². The number of rotatable bonds is 3. The average molecular weight is 566 g/mol. The molecule has 5 heteroatoms. The summed E-state index contributed by atoms with van der Waals surface area (Å²) >= 11 is 0. The van der Waals surface area contributed by atoms with Gasteiger partial charge in [-0.25, -0.2) is 9.97 Å². The van der Waals surface area contributed by atoms with Gasteiger partial charge >= 0.3 is 0 Å². The van der Waals surface area contributed by atoms with Crippen LogP contribution in [0.4, 0.5) is 0 Å². The summed E-state index contributed by atoms with van der Waals surface area (Å²) in [5.74, 6) is 2.26. The Kier molecular flexibility index (Phi) is 5.94. The van der Waals surface area contributed by atoms with Crippen LogP contribution in [-0.2, 0) is 6.54 Å². The number of ether oxygens (including phenoxy) is 1. The molecule has 8 rings (SSSR count). The number of hydrogen-bond acceptors (Lipinski definition) is 4. The molecule has 1 aliphatic carbocycles. The van der Waals surface area contributed by atoms with Crippen molar-refractivity contribution in [3.05, 3.63) is 102 Å². The van der Waals surface area contributed by atoms with Gasteiger partial charge in [0.2, 0.25) is 0 Å². The Balaban J connectivity index is 1.22. The lowest BCUT2D eigenvalue weighted by atomic mass is 9.64. The van der Waals surface area contributed by atoms with Crippen LogP contribution in [-0.4, -0.2) is 21.5 Å². The molecule has 1 aliphatic heterocycles. The third kappa shape index (κ3) is 4.32. The molecular weight excluding hydrogens is 530 g/mol. The van der Waals surface area contributed by atoms with Crippen molar-refractivity contribution in [3.63, 3.8) is 0 Å². The third-order valence-corrected chi connectivity index (χ3v) is 9.86. The van der Waals surface area contributed by atoms with Gasteiger partial charge in [-0.2, -0.15) is 0 Å². The fourth-order valence-corrected chi connectivity index (χ4v) is 7.67. The number of nitrogens with zero attached hydrogens (tertiary/aromatic N) is 2. The molecule has 3 atom stereocenters. The second-order valence-electron chi connectivity index (χ2n) is 13.1. The van der Waals surface area contributed by atoms with Gasteiger partial charge in [0.05, 0.1) is 22.1 Å². The fourth-order valence-electron chi connectivity index (χ4n) is 7.67. The quantitative estimate of drug-likeness (QED) is 0.172. The molecule has 1 aromatic heterocycles. The van der Waals surface area contributed by atoms with E-state index in [1.54, 1.807) is 0 Å². The van der Waals surface area contributed by atoms with E-state index in [4.69, 9.17) is 14.7 Å². The van der Waals surface area contributed by atoms with Gasteiger partial charge in [0.1, 0.15) is 11.4 Å². The maximum absolute atomic E-state index is 13.3. The molecule has 0 spiro atoms. The largest absolute Gasteiger partial charge is 0.487 e. The standard InChI is InChI=1S/C38H35N3O2/c1-22-12-16-30-29(18-22)33-35-34(27-10-6-7-11-28(27)36(33)43-38(30,2)3)40-31-17-15-26(20-32(31)41-35)37(42)39-21-23-13-14-24-8-4-5-9-25(24)19-23/h4-11,13-15,17,19-20,22,29-30H,12,16,18,21H2,1-3H3,(H,39,42)/t22-,29-,30-/m0/s1. The first kappa shape index (κ1) is 26.1. The predicted molar refractivity (Wildman–Crippen MR) is 174 cm³/mol. The van der Waals surface area contributed by atoms with E-state index in [-0.39, 0.29) is 11.5 Å². The van der Waals surface area contributed by atoms with E-state index in [1.807, 2.05) is 30.3 Å². The molecule has 0 radical (unpaired) electrons. The first-order valence-corrected chi connectivity index (χ1v) is 15.5. The van der Waals surface area contributed by atoms with Crippen molar-refractivity contribution < 1.29 is 9.53 Å². The summed E-state index contributed by atoms with van der Waals surface area (Å²) in [7, 11) is 0. The van der Waals surface area contributed by atoms with Gasteiger partial charge in [-0.15, -0.1) is 0 Å². The lowest BCUT2D eigenvalue weighted by Crippen LogP contribution is -2.46. The molecule has 5 nitrogen and oxygen atoms in total. The fraction of sp³-hybridized carbons (Fsp3) is 0.289. The molecule has 2 aliphatic rings. The Hall–Kier alpha value is -4.51. The van der Waals surface area contributed by atoms with Crippen LogP contribution in [0.15, 0.2) is 84.9 Å². The molecule has 5 aromatic carbocycles. The highest BCUT2D eigenvalue weighted by molar-refractivity contribution is 6.11. The van der Waals surface area contributed by atoms with Gasteiger partial charge in [0.25, 0.3) is 5.91 Å². The summed E-state index contributed by atoms with van der Waals surface area (Å²) in [6.07, 6.45) is 3.49. The second kappa shape index (κ2) is 9.77. The molecule has 1 N–H and O–H groups in total. The molecule has 1 fully saturated rings. The van der Waals surface area contributed by atoms with Crippen molar-refractivity contribution in [3.8, 4) is 5.75 Å². The zero-order chi connectivity index (χ0) is 29.3. The minimum Gasteiger partial charge on any atom is -0.487 e. The van der Waals surface area contributed by atoms with Crippen molar-refractivity contribution in [1.82, 2.24) is 15.3 Å². The van der Waals surface area contributed by atoms with Crippen molar-refractivity contribution in [2.45, 2.75) is 58.1 Å². The predicted octanol–water partition coefficient (Wildman–Crippen LogP) is 8.71. The van der Waals surface area contributed by atoms with Crippen LogP contribution >= 0.6 is 0 Å². The lowest BCUT2D eigenvalue weighted by molar-refractivity contribution is -0.0115. The topological polar surface area (TPSA) is 64.1 Å². The zero-order valence-electron chi connectivity index (χ0n) is 24.9. The molecule has 6 aromatic rings. The zero-order valence-corrected chi connectivity index (χ0v) is 24.9. The molecular formula is C38H35N3O2. The smallest absolute Gasteiger partial charge is 0.251 e. The lowest BCUT2D eigenvalue weighted by Gasteiger charge is -2.49. The van der Waals surface area contributed by atoms with Crippen LogP contribution in [0.2, 0.25) is 0 Å². The Morgan fingerprint density at radius 1 is 0.860 bits per heavy atom. The van der Waals surface area contributed by atoms with Crippen LogP contribution in [0.3, 0.4) is 0 Å². The van der Waals surface area contributed by atoms with Crippen molar-refractivity contribution >= 4 is 49.5 Å². The number of carbonyl (C=O) groups excluding carboxylic acids is 1. The third-order valence-electron chi connectivity index (χ3n) is 9.86. The number of hydrogen-bond donors (Lipinski definition) is 1. The molecule has 43 heavy (non-hydrogen) atoms. The van der Waals surface area contributed by atoms with Crippen LogP contribution in [0, 0.1) is 11.8 Å². The molecule has 0 bridgehead atoms. The van der Waals surface area contributed by atoms with Crippen LogP contribution < -0.4 is 10.1 Å². The summed E-state index contributed by atoms with van der Waals surface area (Å²) in [5.41, 5.74) is 5.93. The minimum atomic E-state index is -0.255. The maximum Gasteiger partial charge on any atom is 0.251 e. The average Bonchev–Trinajstić information content (AvgIpc) is 3.02. The Morgan fingerprint density at radius 2 is 1.63 bits per heavy atom. The van der Waals surface area contributed by atoms with E-state index < -0.39 is 0 Å². The maximum atomic E-state index is 13.3. The number of carbonyl (C=O) groups is 1. The Morgan fingerprint density at radius 3 is 2.49 bits per heavy atom. The van der Waals surface area contributed by atoms with Crippen molar-refractivity contribution in [2.75, 3.05) is 0 Å². The van der Waals surface area contributed by atoms with E-state index in [9.17, 15) is 4.79 Å². The monoisotopic (exact) mass is 565 g/mol. The van der Waals surface area contributed by atoms with Gasteiger partial charge in [-0.3, -0.25) is 4.79 Å². The van der Waals surface area contributed by atoms with Crippen LogP contribution in [0.5, 0.6) is 5.75 Å². The molecule has 1 saturated carbocycles. The summed E-state index contributed by atoms with van der Waals surface area (Å²) in [6, 6.07) is 28.6. The highest BCUT2D eigenvalue weighted by Gasteiger charge is 2.47. The van der Waals surface area contributed by atoms with Gasteiger partial charge in [0.15, 0.2) is 0 Å². The van der Waals surface area contributed by atoms with E-state index in [1.165, 1.54) is 22.8 Å². The first-order chi connectivity index (χ1) is 20.9. The molecule has 0 unspecified atom stereocenters. The minimum absolute atomic E-state index is 0.122. The molecule has 214 valence electrons. The van der Waals surface area contributed by atoms with E-state index in [2.05, 4.69) is 80.7 Å². The number of fused-ring (bicyclic) bond motifs is 10. The number of amides is 1. The molecule has 0 saturated heterocycles. The SMILES string of the molecule is C[C@H]1CC[C@H]2[C@H](C1)c1c(c3ccccc3c3nc4ccc(C(=O)NCc5ccc6ccccc6c5)cc4nc13)OC2(C)C. The number of nitrogens with one attached hydrogen (secondary N) is 1. The van der Waals surface area contributed by atoms with E-state index >= 15 is 0 Å². The molecule has 1 amide bonds. The highest BCUT2D eigenvalue weighted by Crippen LogP contribution is 2.56. The summed E-state index contributed by atoms with van der Waals surface area (Å²) in [4.78, 5) is 23.8. The first-order valence-electron chi connectivity index (χ1n) is 15.5. The normalized spacial score (nSPS) is 21.0. The number of aromatic nitrogens is 2. The summed E-state index contributed by atoms with van der Waals surface area (Å²) in [5, 5.41) is 7.62. The highest BCUT2D eigenvalue weighted by atomic mass is 16.5. The Labute approximate surface area is 251 Å². The second-order valence-corrected chi connectivity index (χ2v) is 13.1. The number of benzene rings is 5. The summed E-state index contributed by atoms with van der Waals surface area (Å²) < 4.78 is 6.89. The van der Waals surface area contributed by atoms with Gasteiger partial charge in [-0.05, 0) is 79.1 Å². The van der Waals surface area contributed by atoms with E-state index in [0.717, 1.165) is 57.0 Å². The van der Waals surface area contributed by atoms with E-state index in [0.29, 0.717) is 29.9 Å². The van der Waals surface area contributed by atoms with Gasteiger partial charge in [0, 0.05) is 34.4 Å². The van der Waals surface area contributed by atoms with Gasteiger partial charge < -0.3 is 10.1 Å². The molecule has 2 heterocycles. The van der Waals surface area contributed by atoms with Crippen LogP contribution in [0.1, 0.15) is 67.4 Å². The Bertz CT molecular complexity index is 2080. The summed E-state index contributed by atoms with van der Waals surface area (Å²) in [6.45, 7) is 7.32. The van der Waals surface area contributed by atoms with Crippen molar-refractivity contribution in [1.29, 1.82) is 0 Å². The van der Waals surface area contributed by atoms with Crippen molar-refractivity contribution in [2.24, 2.45) is 11.8 Å². The van der Waals surface area contributed by atoms with Gasteiger partial charge in [-0.1, -0.05) is 74.0 Å².